The fourth-order valence-corrected chi connectivity index (χ4v) is 2.34. The number of anilines is 1. The van der Waals surface area contributed by atoms with Gasteiger partial charge in [0.15, 0.2) is 0 Å². The fraction of sp³-hybridized carbons (Fsp3) is 0.312. The fourth-order valence-electron chi connectivity index (χ4n) is 2.11. The Kier molecular flexibility index (Phi) is 4.56. The van der Waals surface area contributed by atoms with Crippen molar-refractivity contribution in [1.29, 1.82) is 0 Å². The van der Waals surface area contributed by atoms with Gasteiger partial charge >= 0.3 is 5.97 Å². The quantitative estimate of drug-likeness (QED) is 0.626. The SMILES string of the molecule is CC1=C(C)C(=O)N(c2cc(C(=O)OC(C)C)c(Cl)cc2F)C1=O. The summed E-state index contributed by atoms with van der Waals surface area (Å²) in [4.78, 5) is 37.0. The monoisotopic (exact) mass is 339 g/mol. The number of imide groups is 1. The summed E-state index contributed by atoms with van der Waals surface area (Å²) in [6.45, 7) is 6.27. The average molecular weight is 340 g/mol. The number of esters is 1. The van der Waals surface area contributed by atoms with Gasteiger partial charge in [0.2, 0.25) is 0 Å². The van der Waals surface area contributed by atoms with Crippen LogP contribution in [0.4, 0.5) is 10.1 Å². The van der Waals surface area contributed by atoms with Crippen molar-refractivity contribution in [2.24, 2.45) is 0 Å². The second-order valence-electron chi connectivity index (χ2n) is 5.43. The summed E-state index contributed by atoms with van der Waals surface area (Å²) in [5, 5.41) is -0.155. The molecule has 0 N–H and O–H groups in total. The van der Waals surface area contributed by atoms with Crippen molar-refractivity contribution in [3.05, 3.63) is 39.7 Å². The Balaban J connectivity index is 2.51. The lowest BCUT2D eigenvalue weighted by Gasteiger charge is -2.18. The van der Waals surface area contributed by atoms with Crippen LogP contribution in [-0.4, -0.2) is 23.9 Å². The number of nitrogens with zero attached hydrogens (tertiary/aromatic N) is 1. The standard InChI is InChI=1S/C16H15ClFNO4/c1-7(2)23-16(22)10-5-13(12(18)6-11(10)17)19-14(20)8(3)9(4)15(19)21/h5-7H,1-4H3. The molecule has 2 rings (SSSR count). The summed E-state index contributed by atoms with van der Waals surface area (Å²) >= 11 is 5.88. The van der Waals surface area contributed by atoms with Gasteiger partial charge in [-0.3, -0.25) is 9.59 Å². The van der Waals surface area contributed by atoms with Gasteiger partial charge in [-0.2, -0.15) is 0 Å². The summed E-state index contributed by atoms with van der Waals surface area (Å²) in [5.41, 5.74) is 0.0298. The second-order valence-corrected chi connectivity index (χ2v) is 5.84. The van der Waals surface area contributed by atoms with E-state index in [0.29, 0.717) is 4.90 Å². The molecule has 0 bridgehead atoms. The molecule has 0 saturated carbocycles. The number of ether oxygens (including phenoxy) is 1. The molecule has 7 heteroatoms. The van der Waals surface area contributed by atoms with E-state index in [1.807, 2.05) is 0 Å². The van der Waals surface area contributed by atoms with Gasteiger partial charge in [0, 0.05) is 11.1 Å². The molecule has 0 atom stereocenters. The van der Waals surface area contributed by atoms with Gasteiger partial charge in [0.1, 0.15) is 5.82 Å². The number of amides is 2. The molecule has 0 aromatic heterocycles. The highest BCUT2D eigenvalue weighted by Gasteiger charge is 2.36. The number of carbonyl (C=O) groups excluding carboxylic acids is 3. The van der Waals surface area contributed by atoms with Gasteiger partial charge in [-0.05, 0) is 39.8 Å². The van der Waals surface area contributed by atoms with E-state index in [2.05, 4.69) is 0 Å². The third kappa shape index (κ3) is 2.99. The average Bonchev–Trinajstić information content (AvgIpc) is 2.63. The molecule has 0 fully saturated rings. The maximum absolute atomic E-state index is 14.2. The predicted molar refractivity (Wildman–Crippen MR) is 82.8 cm³/mol. The van der Waals surface area contributed by atoms with Gasteiger partial charge in [-0.25, -0.2) is 14.1 Å². The zero-order valence-electron chi connectivity index (χ0n) is 13.1. The number of benzene rings is 1. The Morgan fingerprint density at radius 2 is 1.70 bits per heavy atom. The van der Waals surface area contributed by atoms with Gasteiger partial charge in [0.25, 0.3) is 11.8 Å². The molecule has 1 aromatic rings. The number of carbonyl (C=O) groups is 3. The minimum atomic E-state index is -0.875. The topological polar surface area (TPSA) is 63.7 Å². The molecule has 2 amide bonds. The summed E-state index contributed by atoms with van der Waals surface area (Å²) in [7, 11) is 0. The molecule has 122 valence electrons. The van der Waals surface area contributed by atoms with Crippen LogP contribution in [0.3, 0.4) is 0 Å². The number of hydrogen-bond donors (Lipinski definition) is 0. The molecule has 1 heterocycles. The lowest BCUT2D eigenvalue weighted by molar-refractivity contribution is -0.120. The second kappa shape index (κ2) is 6.12. The first kappa shape index (κ1) is 17.1. The molecule has 1 aliphatic heterocycles. The van der Waals surface area contributed by atoms with E-state index in [1.165, 1.54) is 13.8 Å². The predicted octanol–water partition coefficient (Wildman–Crippen LogP) is 3.25. The van der Waals surface area contributed by atoms with Crippen LogP contribution < -0.4 is 4.90 Å². The van der Waals surface area contributed by atoms with E-state index < -0.39 is 29.7 Å². The Labute approximate surface area is 137 Å². The first-order chi connectivity index (χ1) is 10.6. The Hall–Kier alpha value is -2.21. The van der Waals surface area contributed by atoms with Crippen molar-refractivity contribution in [2.45, 2.75) is 33.8 Å². The molecular weight excluding hydrogens is 325 g/mol. The third-order valence-electron chi connectivity index (χ3n) is 3.45. The molecule has 1 aliphatic rings. The van der Waals surface area contributed by atoms with E-state index in [1.54, 1.807) is 13.8 Å². The zero-order valence-corrected chi connectivity index (χ0v) is 13.8. The number of halogens is 2. The van der Waals surface area contributed by atoms with E-state index in [4.69, 9.17) is 16.3 Å². The van der Waals surface area contributed by atoms with Crippen LogP contribution in [0.1, 0.15) is 38.1 Å². The maximum Gasteiger partial charge on any atom is 0.339 e. The molecule has 0 radical (unpaired) electrons. The van der Waals surface area contributed by atoms with Crippen molar-refractivity contribution < 1.29 is 23.5 Å². The van der Waals surface area contributed by atoms with E-state index >= 15 is 0 Å². The molecule has 0 unspecified atom stereocenters. The van der Waals surface area contributed by atoms with Gasteiger partial charge < -0.3 is 4.74 Å². The highest BCUT2D eigenvalue weighted by Crippen LogP contribution is 2.32. The van der Waals surface area contributed by atoms with Crippen LogP contribution in [0.2, 0.25) is 5.02 Å². The summed E-state index contributed by atoms with van der Waals surface area (Å²) in [5.74, 6) is -2.89. The summed E-state index contributed by atoms with van der Waals surface area (Å²) in [6.07, 6.45) is -0.395. The van der Waals surface area contributed by atoms with Crippen LogP contribution in [-0.2, 0) is 14.3 Å². The molecule has 0 aliphatic carbocycles. The lowest BCUT2D eigenvalue weighted by Crippen LogP contribution is -2.32. The molecule has 0 spiro atoms. The minimum Gasteiger partial charge on any atom is -0.459 e. The highest BCUT2D eigenvalue weighted by atomic mass is 35.5. The largest absolute Gasteiger partial charge is 0.459 e. The number of rotatable bonds is 3. The van der Waals surface area contributed by atoms with E-state index in [0.717, 1.165) is 12.1 Å². The summed E-state index contributed by atoms with van der Waals surface area (Å²) < 4.78 is 19.2. The van der Waals surface area contributed by atoms with Crippen LogP contribution >= 0.6 is 11.6 Å². The van der Waals surface area contributed by atoms with Crippen molar-refractivity contribution in [2.75, 3.05) is 4.90 Å². The van der Waals surface area contributed by atoms with Crippen LogP contribution in [0.5, 0.6) is 0 Å². The summed E-state index contributed by atoms with van der Waals surface area (Å²) in [6, 6.07) is 1.95. The first-order valence-corrected chi connectivity index (χ1v) is 7.29. The van der Waals surface area contributed by atoms with Crippen molar-refractivity contribution in [1.82, 2.24) is 0 Å². The molecule has 23 heavy (non-hydrogen) atoms. The molecule has 1 aromatic carbocycles. The van der Waals surface area contributed by atoms with Crippen molar-refractivity contribution >= 4 is 35.1 Å². The van der Waals surface area contributed by atoms with Crippen LogP contribution in [0.15, 0.2) is 23.3 Å². The third-order valence-corrected chi connectivity index (χ3v) is 3.76. The highest BCUT2D eigenvalue weighted by molar-refractivity contribution is 6.35. The Bertz CT molecular complexity index is 731. The van der Waals surface area contributed by atoms with Crippen molar-refractivity contribution in [3.63, 3.8) is 0 Å². The van der Waals surface area contributed by atoms with Crippen LogP contribution in [0.25, 0.3) is 0 Å². The normalized spacial score (nSPS) is 15.0. The van der Waals surface area contributed by atoms with Crippen LogP contribution in [0, 0.1) is 5.82 Å². The maximum atomic E-state index is 14.2. The van der Waals surface area contributed by atoms with E-state index in [9.17, 15) is 18.8 Å². The lowest BCUT2D eigenvalue weighted by atomic mass is 10.1. The Morgan fingerprint density at radius 3 is 2.17 bits per heavy atom. The van der Waals surface area contributed by atoms with Gasteiger partial charge in [0.05, 0.1) is 22.4 Å². The number of hydrogen-bond acceptors (Lipinski definition) is 4. The molecular formula is C16H15ClFNO4. The first-order valence-electron chi connectivity index (χ1n) is 6.91. The zero-order chi connectivity index (χ0) is 17.5. The molecule has 0 saturated heterocycles. The van der Waals surface area contributed by atoms with E-state index in [-0.39, 0.29) is 27.4 Å². The van der Waals surface area contributed by atoms with Crippen molar-refractivity contribution in [3.8, 4) is 0 Å². The van der Waals surface area contributed by atoms with Gasteiger partial charge in [-0.1, -0.05) is 11.6 Å². The Morgan fingerprint density at radius 1 is 1.17 bits per heavy atom. The molecule has 5 nitrogen and oxygen atoms in total. The smallest absolute Gasteiger partial charge is 0.339 e. The van der Waals surface area contributed by atoms with Gasteiger partial charge in [-0.15, -0.1) is 0 Å². The minimum absolute atomic E-state index is 0.112.